The van der Waals surface area contributed by atoms with Crippen molar-refractivity contribution in [3.63, 3.8) is 0 Å². The van der Waals surface area contributed by atoms with Crippen LogP contribution in [0.3, 0.4) is 0 Å². The maximum absolute atomic E-state index is 12.0. The van der Waals surface area contributed by atoms with E-state index in [-0.39, 0.29) is 17.3 Å². The molecule has 6 heteroatoms. The average Bonchev–Trinajstić information content (AvgIpc) is 2.37. The fraction of sp³-hybridized carbons (Fsp3) is 0.214. The molecule has 0 atom stereocenters. The van der Waals surface area contributed by atoms with Crippen molar-refractivity contribution in [1.29, 1.82) is 0 Å². The molecule has 0 unspecified atom stereocenters. The second-order valence-electron chi connectivity index (χ2n) is 4.70. The van der Waals surface area contributed by atoms with Gasteiger partial charge in [0.1, 0.15) is 0 Å². The van der Waals surface area contributed by atoms with Gasteiger partial charge in [-0.15, -0.1) is 0 Å². The van der Waals surface area contributed by atoms with Crippen LogP contribution in [0.5, 0.6) is 0 Å². The van der Waals surface area contributed by atoms with Gasteiger partial charge in [-0.25, -0.2) is 4.79 Å². The molecule has 1 aromatic heterocycles. The third-order valence-electron chi connectivity index (χ3n) is 2.96. The third-order valence-corrected chi connectivity index (χ3v) is 2.96. The fourth-order valence-electron chi connectivity index (χ4n) is 2.07. The molecule has 2 aromatic rings. The fourth-order valence-corrected chi connectivity index (χ4v) is 2.07. The van der Waals surface area contributed by atoms with Gasteiger partial charge in [0.05, 0.1) is 5.69 Å². The molecule has 0 aliphatic carbocycles. The number of rotatable bonds is 3. The lowest BCUT2D eigenvalue weighted by Crippen LogP contribution is -2.36. The summed E-state index contributed by atoms with van der Waals surface area (Å²) in [5, 5.41) is 0. The lowest BCUT2D eigenvalue weighted by atomic mass is 10.0. The summed E-state index contributed by atoms with van der Waals surface area (Å²) in [4.78, 5) is 37.9. The Labute approximate surface area is 114 Å². The Morgan fingerprint density at radius 2 is 1.90 bits per heavy atom. The van der Waals surface area contributed by atoms with Crippen molar-refractivity contribution < 1.29 is 4.79 Å². The van der Waals surface area contributed by atoms with Crippen molar-refractivity contribution in [1.82, 2.24) is 9.55 Å². The first-order valence-corrected chi connectivity index (χ1v) is 6.17. The van der Waals surface area contributed by atoms with E-state index in [4.69, 9.17) is 5.73 Å². The molecule has 0 aliphatic rings. The van der Waals surface area contributed by atoms with Gasteiger partial charge in [-0.05, 0) is 19.9 Å². The quantitative estimate of drug-likeness (QED) is 0.868. The zero-order chi connectivity index (χ0) is 14.9. The minimum Gasteiger partial charge on any atom is -0.366 e. The Balaban J connectivity index is 2.70. The van der Waals surface area contributed by atoms with Crippen LogP contribution in [0.2, 0.25) is 0 Å². The molecule has 104 valence electrons. The molecule has 1 amide bonds. The van der Waals surface area contributed by atoms with Gasteiger partial charge in [0.25, 0.3) is 5.56 Å². The number of nitrogens with two attached hydrogens (primary N) is 1. The smallest absolute Gasteiger partial charge is 0.329 e. The van der Waals surface area contributed by atoms with Gasteiger partial charge < -0.3 is 10.7 Å². The summed E-state index contributed by atoms with van der Waals surface area (Å²) in [7, 11) is 0. The number of amides is 1. The van der Waals surface area contributed by atoms with E-state index in [1.807, 2.05) is 0 Å². The molecule has 0 spiro atoms. The predicted octanol–water partition coefficient (Wildman–Crippen LogP) is 0.883. The number of aromatic amines is 1. The number of hydrogen-bond acceptors (Lipinski definition) is 3. The van der Waals surface area contributed by atoms with Gasteiger partial charge in [0, 0.05) is 23.2 Å². The van der Waals surface area contributed by atoms with E-state index in [0.29, 0.717) is 5.56 Å². The zero-order valence-corrected chi connectivity index (χ0v) is 11.2. The van der Waals surface area contributed by atoms with Crippen molar-refractivity contribution >= 4 is 5.91 Å². The molecule has 3 N–H and O–H groups in total. The SMILES string of the molecule is CC(C)n1c(=O)cc(-c2ccccc2C(N)=O)[nH]c1=O. The minimum absolute atomic E-state index is 0.244. The lowest BCUT2D eigenvalue weighted by Gasteiger charge is -2.10. The highest BCUT2D eigenvalue weighted by atomic mass is 16.2. The number of primary amides is 1. The summed E-state index contributed by atoms with van der Waals surface area (Å²) in [6, 6.07) is 7.59. The molecule has 0 aliphatic heterocycles. The molecule has 0 saturated carbocycles. The second kappa shape index (κ2) is 5.16. The van der Waals surface area contributed by atoms with Gasteiger partial charge in [0.2, 0.25) is 5.91 Å². The van der Waals surface area contributed by atoms with Crippen LogP contribution in [0.25, 0.3) is 11.3 Å². The van der Waals surface area contributed by atoms with Crippen molar-refractivity contribution in [2.45, 2.75) is 19.9 Å². The van der Waals surface area contributed by atoms with E-state index >= 15 is 0 Å². The maximum Gasteiger partial charge on any atom is 0.329 e. The van der Waals surface area contributed by atoms with Crippen molar-refractivity contribution in [2.24, 2.45) is 5.73 Å². The number of carbonyl (C=O) groups excluding carboxylic acids is 1. The summed E-state index contributed by atoms with van der Waals surface area (Å²) in [5.41, 5.74) is 5.33. The predicted molar refractivity (Wildman–Crippen MR) is 75.7 cm³/mol. The Bertz CT molecular complexity index is 740. The molecule has 1 heterocycles. The molecule has 0 radical (unpaired) electrons. The Morgan fingerprint density at radius 3 is 2.45 bits per heavy atom. The van der Waals surface area contributed by atoms with E-state index in [1.54, 1.807) is 38.1 Å². The van der Waals surface area contributed by atoms with Gasteiger partial charge in [0.15, 0.2) is 0 Å². The van der Waals surface area contributed by atoms with Crippen LogP contribution in [-0.4, -0.2) is 15.5 Å². The van der Waals surface area contributed by atoms with Gasteiger partial charge in [-0.2, -0.15) is 0 Å². The van der Waals surface area contributed by atoms with E-state index in [9.17, 15) is 14.4 Å². The standard InChI is InChI=1S/C14H15N3O3/c1-8(2)17-12(18)7-11(16-14(17)20)9-5-3-4-6-10(9)13(15)19/h3-8H,1-2H3,(H2,15,19)(H,16,20). The van der Waals surface area contributed by atoms with E-state index in [0.717, 1.165) is 4.57 Å². The van der Waals surface area contributed by atoms with Gasteiger partial charge >= 0.3 is 5.69 Å². The van der Waals surface area contributed by atoms with Crippen LogP contribution in [-0.2, 0) is 0 Å². The molecular formula is C14H15N3O3. The topological polar surface area (TPSA) is 97.9 Å². The Kier molecular flexibility index (Phi) is 3.56. The summed E-state index contributed by atoms with van der Waals surface area (Å²) in [6.07, 6.45) is 0. The number of benzene rings is 1. The first kappa shape index (κ1) is 13.8. The number of nitrogens with zero attached hydrogens (tertiary/aromatic N) is 1. The molecule has 20 heavy (non-hydrogen) atoms. The van der Waals surface area contributed by atoms with E-state index in [2.05, 4.69) is 4.98 Å². The highest BCUT2D eigenvalue weighted by molar-refractivity contribution is 5.99. The maximum atomic E-state index is 12.0. The van der Waals surface area contributed by atoms with Gasteiger partial charge in [-0.1, -0.05) is 18.2 Å². The van der Waals surface area contributed by atoms with Crippen LogP contribution in [0, 0.1) is 0 Å². The van der Waals surface area contributed by atoms with Crippen molar-refractivity contribution in [2.75, 3.05) is 0 Å². The number of carbonyl (C=O) groups is 1. The lowest BCUT2D eigenvalue weighted by molar-refractivity contribution is 0.100. The van der Waals surface area contributed by atoms with Crippen molar-refractivity contribution in [3.8, 4) is 11.3 Å². The van der Waals surface area contributed by atoms with Gasteiger partial charge in [-0.3, -0.25) is 14.2 Å². The molecular weight excluding hydrogens is 258 g/mol. The first-order chi connectivity index (χ1) is 9.41. The molecule has 2 rings (SSSR count). The normalized spacial score (nSPS) is 10.8. The van der Waals surface area contributed by atoms with Crippen LogP contribution >= 0.6 is 0 Å². The summed E-state index contributed by atoms with van der Waals surface area (Å²) in [5.74, 6) is -0.616. The summed E-state index contributed by atoms with van der Waals surface area (Å²) < 4.78 is 1.11. The molecule has 0 bridgehead atoms. The molecule has 6 nitrogen and oxygen atoms in total. The Hall–Kier alpha value is -2.63. The largest absolute Gasteiger partial charge is 0.366 e. The van der Waals surface area contributed by atoms with Crippen LogP contribution in [0.1, 0.15) is 30.2 Å². The molecule has 1 aromatic carbocycles. The van der Waals surface area contributed by atoms with Crippen molar-refractivity contribution in [3.05, 3.63) is 56.7 Å². The van der Waals surface area contributed by atoms with Crippen LogP contribution < -0.4 is 17.0 Å². The van der Waals surface area contributed by atoms with E-state index < -0.39 is 17.2 Å². The number of hydrogen-bond donors (Lipinski definition) is 2. The van der Waals surface area contributed by atoms with Crippen LogP contribution in [0.15, 0.2) is 39.9 Å². The van der Waals surface area contributed by atoms with Crippen LogP contribution in [0.4, 0.5) is 0 Å². The number of nitrogens with one attached hydrogen (secondary N) is 1. The minimum atomic E-state index is -0.616. The summed E-state index contributed by atoms with van der Waals surface area (Å²) in [6.45, 7) is 3.49. The molecule has 0 fully saturated rings. The number of H-pyrrole nitrogens is 1. The second-order valence-corrected chi connectivity index (χ2v) is 4.70. The van der Waals surface area contributed by atoms with E-state index in [1.165, 1.54) is 6.07 Å². The highest BCUT2D eigenvalue weighted by Crippen LogP contribution is 2.19. The average molecular weight is 273 g/mol. The molecule has 0 saturated heterocycles. The monoisotopic (exact) mass is 273 g/mol. The summed E-state index contributed by atoms with van der Waals surface area (Å²) >= 11 is 0. The Morgan fingerprint density at radius 1 is 1.25 bits per heavy atom. The number of aromatic nitrogens is 2. The first-order valence-electron chi connectivity index (χ1n) is 6.17. The third kappa shape index (κ3) is 2.40. The zero-order valence-electron chi connectivity index (χ0n) is 11.2. The highest BCUT2D eigenvalue weighted by Gasteiger charge is 2.13.